The first-order chi connectivity index (χ1) is 19.8. The number of hydrogen-bond donors (Lipinski definition) is 4. The molecule has 4 N–H and O–H groups in total. The van der Waals surface area contributed by atoms with Crippen molar-refractivity contribution in [1.82, 2.24) is 14.8 Å². The van der Waals surface area contributed by atoms with E-state index in [4.69, 9.17) is 10.1 Å². The number of amidine groups is 2. The highest BCUT2D eigenvalue weighted by Crippen LogP contribution is 2.33. The van der Waals surface area contributed by atoms with Crippen LogP contribution in [0.2, 0.25) is 0 Å². The van der Waals surface area contributed by atoms with Gasteiger partial charge in [0.05, 0.1) is 18.9 Å². The Morgan fingerprint density at radius 1 is 0.951 bits per heavy atom. The van der Waals surface area contributed by atoms with E-state index in [9.17, 15) is 9.59 Å². The van der Waals surface area contributed by atoms with E-state index in [1.54, 1.807) is 48.5 Å². The summed E-state index contributed by atoms with van der Waals surface area (Å²) in [6, 6.07) is 17.4. The van der Waals surface area contributed by atoms with Gasteiger partial charge in [-0.25, -0.2) is 9.79 Å². The predicted molar refractivity (Wildman–Crippen MR) is 161 cm³/mol. The smallest absolute Gasteiger partial charge is 0.323 e. The molecule has 2 aliphatic heterocycles. The van der Waals surface area contributed by atoms with E-state index in [0.29, 0.717) is 54.6 Å². The van der Waals surface area contributed by atoms with Gasteiger partial charge in [0, 0.05) is 54.9 Å². The van der Waals surface area contributed by atoms with Crippen molar-refractivity contribution >= 4 is 35.0 Å². The second-order valence-electron chi connectivity index (χ2n) is 10.8. The first-order valence-electron chi connectivity index (χ1n) is 14.0. The number of carbonyl (C=O) groups is 2. The lowest BCUT2D eigenvalue weighted by atomic mass is 9.87. The fourth-order valence-electron chi connectivity index (χ4n) is 5.09. The number of amides is 3. The van der Waals surface area contributed by atoms with Crippen LogP contribution in [0.15, 0.2) is 71.9 Å². The summed E-state index contributed by atoms with van der Waals surface area (Å²) in [6.45, 7) is 8.60. The molecule has 2 fully saturated rings. The van der Waals surface area contributed by atoms with E-state index >= 15 is 0 Å². The molecule has 0 unspecified atom stereocenters. The van der Waals surface area contributed by atoms with Crippen LogP contribution in [-0.2, 0) is 4.74 Å². The zero-order valence-electron chi connectivity index (χ0n) is 23.6. The third kappa shape index (κ3) is 6.83. The third-order valence-electron chi connectivity index (χ3n) is 7.87. The van der Waals surface area contributed by atoms with Crippen LogP contribution < -0.4 is 10.6 Å². The van der Waals surface area contributed by atoms with E-state index in [2.05, 4.69) is 39.4 Å². The molecule has 0 bridgehead atoms. The number of H-pyrrole nitrogens is 1. The minimum Gasteiger partial charge on any atom is -0.378 e. The molecule has 10 nitrogen and oxygen atoms in total. The Balaban J connectivity index is 1.17. The minimum absolute atomic E-state index is 0.0260. The molecule has 3 aromatic rings. The first kappa shape index (κ1) is 28.1. The van der Waals surface area contributed by atoms with E-state index in [0.717, 1.165) is 31.6 Å². The topological polar surface area (TPSA) is 126 Å². The Hall–Kier alpha value is -4.44. The van der Waals surface area contributed by atoms with E-state index in [1.807, 2.05) is 23.2 Å². The second kappa shape index (κ2) is 12.4. The third-order valence-corrected chi connectivity index (χ3v) is 7.87. The van der Waals surface area contributed by atoms with Gasteiger partial charge in [-0.1, -0.05) is 13.8 Å². The zero-order chi connectivity index (χ0) is 28.8. The van der Waals surface area contributed by atoms with Gasteiger partial charge in [-0.3, -0.25) is 10.2 Å². The number of anilines is 2. The Morgan fingerprint density at radius 3 is 2.15 bits per heavy atom. The Morgan fingerprint density at radius 2 is 1.59 bits per heavy atom. The van der Waals surface area contributed by atoms with Gasteiger partial charge in [0.1, 0.15) is 0 Å². The summed E-state index contributed by atoms with van der Waals surface area (Å²) in [5.41, 5.74) is 3.46. The number of benzene rings is 2. The van der Waals surface area contributed by atoms with Crippen LogP contribution in [0.4, 0.5) is 16.2 Å². The fourth-order valence-corrected chi connectivity index (χ4v) is 5.09. The number of morpholine rings is 1. The quantitative estimate of drug-likeness (QED) is 0.252. The Bertz CT molecular complexity index is 1390. The van der Waals surface area contributed by atoms with Crippen LogP contribution in [0.5, 0.6) is 0 Å². The van der Waals surface area contributed by atoms with Crippen LogP contribution in [0.3, 0.4) is 0 Å². The molecule has 41 heavy (non-hydrogen) atoms. The van der Waals surface area contributed by atoms with Crippen molar-refractivity contribution in [3.8, 4) is 0 Å². The lowest BCUT2D eigenvalue weighted by Gasteiger charge is -2.29. The fraction of sp³-hybridized carbons (Fsp3) is 0.355. The van der Waals surface area contributed by atoms with Gasteiger partial charge in [0.2, 0.25) is 0 Å². The van der Waals surface area contributed by atoms with Crippen LogP contribution in [-0.4, -0.2) is 77.8 Å². The van der Waals surface area contributed by atoms with Gasteiger partial charge in [-0.05, 0) is 78.9 Å². The molecule has 1 atom stereocenters. The minimum atomic E-state index is -0.399. The van der Waals surface area contributed by atoms with Crippen molar-refractivity contribution in [2.45, 2.75) is 26.7 Å². The average Bonchev–Trinajstić information content (AvgIpc) is 3.67. The highest BCUT2D eigenvalue weighted by atomic mass is 16.5. The molecule has 3 amide bonds. The van der Waals surface area contributed by atoms with E-state index in [-0.39, 0.29) is 17.2 Å². The largest absolute Gasteiger partial charge is 0.378 e. The number of likely N-dealkylation sites (tertiary alicyclic amines) is 1. The molecule has 2 aromatic carbocycles. The van der Waals surface area contributed by atoms with Gasteiger partial charge < -0.3 is 30.2 Å². The molecule has 10 heteroatoms. The van der Waals surface area contributed by atoms with Crippen molar-refractivity contribution < 1.29 is 14.3 Å². The highest BCUT2D eigenvalue weighted by molar-refractivity contribution is 6.10. The summed E-state index contributed by atoms with van der Waals surface area (Å²) in [5, 5.41) is 14.2. The SMILES string of the molecule is CC[C@@]1(C)CCN(C(=O)c2ccc(NC(=O)Nc3ccc(C(=N)/N=C(\c4ccc[nH]4)N4CCOCC4)cc3)cc2)C1. The summed E-state index contributed by atoms with van der Waals surface area (Å²) >= 11 is 0. The van der Waals surface area contributed by atoms with Crippen LogP contribution >= 0.6 is 0 Å². The van der Waals surface area contributed by atoms with Crippen molar-refractivity contribution in [3.05, 3.63) is 83.7 Å². The number of rotatable bonds is 6. The molecule has 5 rings (SSSR count). The van der Waals surface area contributed by atoms with Crippen LogP contribution in [0.25, 0.3) is 0 Å². The van der Waals surface area contributed by atoms with Gasteiger partial charge in [-0.15, -0.1) is 0 Å². The van der Waals surface area contributed by atoms with E-state index in [1.165, 1.54) is 0 Å². The number of nitrogens with zero attached hydrogens (tertiary/aromatic N) is 3. The molecule has 3 heterocycles. The normalized spacial score (nSPS) is 19.2. The lowest BCUT2D eigenvalue weighted by molar-refractivity contribution is 0.0682. The van der Waals surface area contributed by atoms with E-state index < -0.39 is 6.03 Å². The van der Waals surface area contributed by atoms with Crippen molar-refractivity contribution in [1.29, 1.82) is 5.41 Å². The van der Waals surface area contributed by atoms with Crippen molar-refractivity contribution in [2.24, 2.45) is 10.4 Å². The maximum Gasteiger partial charge on any atom is 0.323 e. The molecular weight excluding hydrogens is 518 g/mol. The number of aromatic amines is 1. The molecule has 0 spiro atoms. The number of hydrogen-bond acceptors (Lipinski definition) is 4. The lowest BCUT2D eigenvalue weighted by Crippen LogP contribution is -2.41. The number of nitrogens with one attached hydrogen (secondary N) is 4. The van der Waals surface area contributed by atoms with Gasteiger partial charge in [-0.2, -0.15) is 0 Å². The van der Waals surface area contributed by atoms with Crippen molar-refractivity contribution in [3.63, 3.8) is 0 Å². The Labute approximate surface area is 240 Å². The molecular formula is C31H37N7O3. The molecule has 1 aromatic heterocycles. The number of aliphatic imine (C=N–C) groups is 1. The van der Waals surface area contributed by atoms with Gasteiger partial charge in [0.15, 0.2) is 11.7 Å². The van der Waals surface area contributed by atoms with Gasteiger partial charge in [0.25, 0.3) is 5.91 Å². The van der Waals surface area contributed by atoms with Gasteiger partial charge >= 0.3 is 6.03 Å². The molecule has 0 radical (unpaired) electrons. The Kier molecular flexibility index (Phi) is 8.49. The average molecular weight is 556 g/mol. The number of ether oxygens (including phenoxy) is 1. The number of carbonyl (C=O) groups excluding carboxylic acids is 2. The number of aromatic nitrogens is 1. The summed E-state index contributed by atoms with van der Waals surface area (Å²) in [5.74, 6) is 0.857. The molecule has 2 aliphatic rings. The van der Waals surface area contributed by atoms with Crippen LogP contribution in [0, 0.1) is 10.8 Å². The second-order valence-corrected chi connectivity index (χ2v) is 10.8. The monoisotopic (exact) mass is 555 g/mol. The number of urea groups is 1. The molecule has 214 valence electrons. The molecule has 0 aliphatic carbocycles. The zero-order valence-corrected chi connectivity index (χ0v) is 23.6. The highest BCUT2D eigenvalue weighted by Gasteiger charge is 2.34. The summed E-state index contributed by atoms with van der Waals surface area (Å²) in [4.78, 5) is 37.3. The summed E-state index contributed by atoms with van der Waals surface area (Å²) < 4.78 is 5.47. The maximum absolute atomic E-state index is 12.9. The molecule has 2 saturated heterocycles. The first-order valence-corrected chi connectivity index (χ1v) is 14.0. The maximum atomic E-state index is 12.9. The standard InChI is InChI=1S/C31H37N7O3/c1-3-31(2)14-16-38(21-31)29(39)23-8-12-25(13-9-23)35-30(40)34-24-10-6-22(7-11-24)27(32)36-28(26-5-4-15-33-26)37-17-19-41-20-18-37/h4-13,15,32-33H,3,14,16-21H2,1-2H3,(H2,34,35,40)/b32-27?,36-28+/t31-/m0/s1. The summed E-state index contributed by atoms with van der Waals surface area (Å²) in [6.07, 6.45) is 3.91. The predicted octanol–water partition coefficient (Wildman–Crippen LogP) is 5.03. The summed E-state index contributed by atoms with van der Waals surface area (Å²) in [7, 11) is 0. The molecule has 0 saturated carbocycles. The van der Waals surface area contributed by atoms with Crippen LogP contribution in [0.1, 0.15) is 48.3 Å². The van der Waals surface area contributed by atoms with Crippen molar-refractivity contribution in [2.75, 3.05) is 50.0 Å².